The maximum Gasteiger partial charge on any atom is 0.0299 e. The molecule has 0 aliphatic heterocycles. The van der Waals surface area contributed by atoms with Crippen molar-refractivity contribution < 1.29 is 0 Å². The minimum absolute atomic E-state index is 0.473. The summed E-state index contributed by atoms with van der Waals surface area (Å²) in [5, 5.41) is 3.50. The average molecular weight is 225 g/mol. The molecular weight excluding hydrogens is 202 g/mol. The van der Waals surface area contributed by atoms with Crippen LogP contribution in [0.2, 0.25) is 0 Å². The molecule has 0 amide bonds. The van der Waals surface area contributed by atoms with E-state index in [2.05, 4.69) is 45.1 Å². The molecule has 0 aliphatic rings. The zero-order valence-corrected chi connectivity index (χ0v) is 11.2. The van der Waals surface area contributed by atoms with Gasteiger partial charge in [-0.3, -0.25) is 0 Å². The Kier molecular flexibility index (Phi) is 4.81. The Morgan fingerprint density at radius 3 is 2.53 bits per heavy atom. The molecule has 1 aromatic heterocycles. The standard InChI is InChI=1S/C13H23NS/c1-11-6-7-12(15-11)10-14-9-5-8-13(2,3)4/h6-7,14H,5,8-10H2,1-4H3. The number of rotatable bonds is 5. The third-order valence-electron chi connectivity index (χ3n) is 2.38. The van der Waals surface area contributed by atoms with E-state index in [9.17, 15) is 0 Å². The number of nitrogens with one attached hydrogen (secondary N) is 1. The Bertz CT molecular complexity index is 283. The van der Waals surface area contributed by atoms with E-state index in [4.69, 9.17) is 0 Å². The van der Waals surface area contributed by atoms with E-state index in [-0.39, 0.29) is 0 Å². The van der Waals surface area contributed by atoms with Crippen LogP contribution in [0.1, 0.15) is 43.4 Å². The van der Waals surface area contributed by atoms with E-state index in [1.165, 1.54) is 22.6 Å². The molecule has 0 radical (unpaired) electrons. The van der Waals surface area contributed by atoms with Crippen LogP contribution in [0.4, 0.5) is 0 Å². The number of thiophene rings is 1. The Labute approximate surface area is 97.9 Å². The molecule has 0 spiro atoms. The summed E-state index contributed by atoms with van der Waals surface area (Å²) in [7, 11) is 0. The summed E-state index contributed by atoms with van der Waals surface area (Å²) in [6, 6.07) is 4.41. The van der Waals surface area contributed by atoms with Gasteiger partial charge in [-0.25, -0.2) is 0 Å². The highest BCUT2D eigenvalue weighted by atomic mass is 32.1. The molecule has 2 heteroatoms. The zero-order chi connectivity index (χ0) is 11.3. The minimum Gasteiger partial charge on any atom is -0.312 e. The molecule has 1 aromatic rings. The highest BCUT2D eigenvalue weighted by Gasteiger charge is 2.08. The molecule has 1 rings (SSSR count). The van der Waals surface area contributed by atoms with Crippen molar-refractivity contribution in [2.75, 3.05) is 6.54 Å². The van der Waals surface area contributed by atoms with Crippen molar-refractivity contribution in [3.8, 4) is 0 Å². The van der Waals surface area contributed by atoms with E-state index in [0.29, 0.717) is 5.41 Å². The highest BCUT2D eigenvalue weighted by Crippen LogP contribution is 2.20. The monoisotopic (exact) mass is 225 g/mol. The van der Waals surface area contributed by atoms with Crippen LogP contribution < -0.4 is 5.32 Å². The molecule has 1 nitrogen and oxygen atoms in total. The predicted octanol–water partition coefficient (Wildman–Crippen LogP) is 3.97. The first-order chi connectivity index (χ1) is 6.97. The molecule has 0 atom stereocenters. The largest absolute Gasteiger partial charge is 0.312 e. The van der Waals surface area contributed by atoms with E-state index < -0.39 is 0 Å². The van der Waals surface area contributed by atoms with Gasteiger partial charge in [0.05, 0.1) is 0 Å². The molecule has 1 heterocycles. The topological polar surface area (TPSA) is 12.0 Å². The molecule has 0 fully saturated rings. The van der Waals surface area contributed by atoms with Crippen LogP contribution in [0.3, 0.4) is 0 Å². The van der Waals surface area contributed by atoms with Crippen molar-refractivity contribution in [1.82, 2.24) is 5.32 Å². The van der Waals surface area contributed by atoms with Crippen LogP contribution in [0.5, 0.6) is 0 Å². The molecule has 0 saturated heterocycles. The maximum absolute atomic E-state index is 3.50. The van der Waals surface area contributed by atoms with Gasteiger partial charge in [0.25, 0.3) is 0 Å². The molecule has 86 valence electrons. The fraction of sp³-hybridized carbons (Fsp3) is 0.692. The lowest BCUT2D eigenvalue weighted by Gasteiger charge is -2.17. The van der Waals surface area contributed by atoms with Crippen LogP contribution in [0.15, 0.2) is 12.1 Å². The maximum atomic E-state index is 3.50. The van der Waals surface area contributed by atoms with E-state index >= 15 is 0 Å². The Morgan fingerprint density at radius 2 is 2.00 bits per heavy atom. The molecule has 15 heavy (non-hydrogen) atoms. The lowest BCUT2D eigenvalue weighted by molar-refractivity contribution is 0.361. The molecule has 1 N–H and O–H groups in total. The summed E-state index contributed by atoms with van der Waals surface area (Å²) in [5.41, 5.74) is 0.473. The van der Waals surface area contributed by atoms with Gasteiger partial charge in [0, 0.05) is 16.3 Å². The second-order valence-electron chi connectivity index (χ2n) is 5.35. The summed E-state index contributed by atoms with van der Waals surface area (Å²) in [6.45, 7) is 11.2. The average Bonchev–Trinajstić information content (AvgIpc) is 2.49. The van der Waals surface area contributed by atoms with Gasteiger partial charge < -0.3 is 5.32 Å². The SMILES string of the molecule is Cc1ccc(CNCCCC(C)(C)C)s1. The van der Waals surface area contributed by atoms with Crippen LogP contribution >= 0.6 is 11.3 Å². The van der Waals surface area contributed by atoms with Crippen molar-refractivity contribution >= 4 is 11.3 Å². The fourth-order valence-electron chi connectivity index (χ4n) is 1.54. The predicted molar refractivity (Wildman–Crippen MR) is 69.5 cm³/mol. The lowest BCUT2D eigenvalue weighted by Crippen LogP contribution is -2.16. The molecule has 0 aliphatic carbocycles. The van der Waals surface area contributed by atoms with Gasteiger partial charge in [-0.2, -0.15) is 0 Å². The first kappa shape index (κ1) is 12.7. The van der Waals surface area contributed by atoms with Gasteiger partial charge in [-0.15, -0.1) is 11.3 Å². The Morgan fingerprint density at radius 1 is 1.27 bits per heavy atom. The summed E-state index contributed by atoms with van der Waals surface area (Å²) >= 11 is 1.89. The Hall–Kier alpha value is -0.340. The first-order valence-corrected chi connectivity index (χ1v) is 6.55. The normalized spacial score (nSPS) is 12.0. The van der Waals surface area contributed by atoms with Crippen molar-refractivity contribution in [3.63, 3.8) is 0 Å². The summed E-state index contributed by atoms with van der Waals surface area (Å²) < 4.78 is 0. The number of hydrogen-bond acceptors (Lipinski definition) is 2. The van der Waals surface area contributed by atoms with Crippen LogP contribution in [-0.4, -0.2) is 6.54 Å². The Balaban J connectivity index is 2.07. The van der Waals surface area contributed by atoms with Gasteiger partial charge in [0.2, 0.25) is 0 Å². The number of hydrogen-bond donors (Lipinski definition) is 1. The van der Waals surface area contributed by atoms with Gasteiger partial charge in [-0.1, -0.05) is 20.8 Å². The molecule has 0 aromatic carbocycles. The molecule has 0 saturated carbocycles. The van der Waals surface area contributed by atoms with Gasteiger partial charge in [0.15, 0.2) is 0 Å². The second kappa shape index (κ2) is 5.66. The van der Waals surface area contributed by atoms with Crippen LogP contribution in [0, 0.1) is 12.3 Å². The first-order valence-electron chi connectivity index (χ1n) is 5.73. The summed E-state index contributed by atoms with van der Waals surface area (Å²) in [5.74, 6) is 0. The molecule has 0 unspecified atom stereocenters. The van der Waals surface area contributed by atoms with Crippen molar-refractivity contribution in [1.29, 1.82) is 0 Å². The quantitative estimate of drug-likeness (QED) is 0.748. The minimum atomic E-state index is 0.473. The van der Waals surface area contributed by atoms with Gasteiger partial charge in [-0.05, 0) is 43.9 Å². The van der Waals surface area contributed by atoms with E-state index in [1.807, 2.05) is 11.3 Å². The molecule has 0 bridgehead atoms. The summed E-state index contributed by atoms with van der Waals surface area (Å²) in [6.07, 6.45) is 2.57. The van der Waals surface area contributed by atoms with Crippen LogP contribution in [0.25, 0.3) is 0 Å². The van der Waals surface area contributed by atoms with Crippen molar-refractivity contribution in [3.05, 3.63) is 21.9 Å². The molecular formula is C13H23NS. The third kappa shape index (κ3) is 5.95. The van der Waals surface area contributed by atoms with Gasteiger partial charge in [0.1, 0.15) is 0 Å². The van der Waals surface area contributed by atoms with Crippen LogP contribution in [-0.2, 0) is 6.54 Å². The zero-order valence-electron chi connectivity index (χ0n) is 10.4. The summed E-state index contributed by atoms with van der Waals surface area (Å²) in [4.78, 5) is 2.85. The highest BCUT2D eigenvalue weighted by molar-refractivity contribution is 7.11. The van der Waals surface area contributed by atoms with Crippen molar-refractivity contribution in [2.45, 2.75) is 47.1 Å². The fourth-order valence-corrected chi connectivity index (χ4v) is 2.40. The van der Waals surface area contributed by atoms with E-state index in [0.717, 1.165) is 13.1 Å². The number of aryl methyl sites for hydroxylation is 1. The van der Waals surface area contributed by atoms with Gasteiger partial charge >= 0.3 is 0 Å². The lowest BCUT2D eigenvalue weighted by atomic mass is 9.91. The smallest absolute Gasteiger partial charge is 0.0299 e. The van der Waals surface area contributed by atoms with E-state index in [1.54, 1.807) is 0 Å². The second-order valence-corrected chi connectivity index (χ2v) is 6.73. The third-order valence-corrected chi connectivity index (χ3v) is 3.38. The van der Waals surface area contributed by atoms with Crippen molar-refractivity contribution in [2.24, 2.45) is 5.41 Å².